The molecule has 3 nitrogen and oxygen atoms in total. The average Bonchev–Trinajstić information content (AvgIpc) is 2.33. The van der Waals surface area contributed by atoms with E-state index in [-0.39, 0.29) is 16.0 Å². The van der Waals surface area contributed by atoms with Gasteiger partial charge in [-0.2, -0.15) is 4.31 Å². The Labute approximate surface area is 124 Å². The zero-order valence-electron chi connectivity index (χ0n) is 9.62. The van der Waals surface area contributed by atoms with E-state index in [1.165, 1.54) is 19.2 Å². The van der Waals surface area contributed by atoms with Gasteiger partial charge >= 0.3 is 0 Å². The lowest BCUT2D eigenvalue weighted by molar-refractivity contribution is 0.416. The quantitative estimate of drug-likeness (QED) is 0.593. The van der Waals surface area contributed by atoms with E-state index in [2.05, 4.69) is 15.9 Å². The molecule has 1 aromatic carbocycles. The number of halogens is 4. The summed E-state index contributed by atoms with van der Waals surface area (Å²) in [7, 11) is -2.44. The van der Waals surface area contributed by atoms with Gasteiger partial charge in [-0.25, -0.2) is 12.8 Å². The van der Waals surface area contributed by atoms with Crippen molar-refractivity contribution in [1.29, 1.82) is 0 Å². The predicted molar refractivity (Wildman–Crippen MR) is 74.6 cm³/mol. The predicted octanol–water partition coefficient (Wildman–Crippen LogP) is 3.54. The first-order valence-corrected chi connectivity index (χ1v) is 8.22. The molecule has 0 fully saturated rings. The SMILES string of the molecule is CC(CBr)N(C)S(=O)(=O)c1ccc(Cl)c(F)c1Cl. The van der Waals surface area contributed by atoms with Gasteiger partial charge in [-0.15, -0.1) is 0 Å². The van der Waals surface area contributed by atoms with Crippen LogP contribution >= 0.6 is 39.1 Å². The van der Waals surface area contributed by atoms with Crippen LogP contribution in [-0.4, -0.2) is 31.1 Å². The highest BCUT2D eigenvalue weighted by molar-refractivity contribution is 9.09. The Morgan fingerprint density at radius 3 is 2.50 bits per heavy atom. The zero-order valence-corrected chi connectivity index (χ0v) is 13.5. The minimum absolute atomic E-state index is 0.213. The Morgan fingerprint density at radius 1 is 1.44 bits per heavy atom. The van der Waals surface area contributed by atoms with Gasteiger partial charge in [0, 0.05) is 18.4 Å². The van der Waals surface area contributed by atoms with E-state index < -0.39 is 20.9 Å². The van der Waals surface area contributed by atoms with Gasteiger partial charge in [0.1, 0.15) is 4.90 Å². The first-order chi connectivity index (χ1) is 8.23. The molecule has 0 saturated carbocycles. The highest BCUT2D eigenvalue weighted by Gasteiger charge is 2.28. The Kier molecular flexibility index (Phi) is 5.44. The summed E-state index contributed by atoms with van der Waals surface area (Å²) in [5.41, 5.74) is 0. The van der Waals surface area contributed by atoms with E-state index in [1.54, 1.807) is 6.92 Å². The number of rotatable bonds is 4. The summed E-state index contributed by atoms with van der Waals surface area (Å²) in [6, 6.07) is 2.08. The molecule has 1 aromatic rings. The summed E-state index contributed by atoms with van der Waals surface area (Å²) in [5.74, 6) is -0.931. The molecule has 18 heavy (non-hydrogen) atoms. The largest absolute Gasteiger partial charge is 0.244 e. The van der Waals surface area contributed by atoms with Crippen LogP contribution in [0.15, 0.2) is 17.0 Å². The Balaban J connectivity index is 3.34. The topological polar surface area (TPSA) is 37.4 Å². The first-order valence-electron chi connectivity index (χ1n) is 4.91. The van der Waals surface area contributed by atoms with E-state index in [0.717, 1.165) is 4.31 Å². The molecule has 0 radical (unpaired) electrons. The summed E-state index contributed by atoms with van der Waals surface area (Å²) >= 11 is 14.4. The number of benzene rings is 1. The minimum atomic E-state index is -3.85. The van der Waals surface area contributed by atoms with E-state index >= 15 is 0 Å². The van der Waals surface area contributed by atoms with Crippen LogP contribution in [0.2, 0.25) is 10.0 Å². The average molecular weight is 379 g/mol. The molecule has 0 aliphatic heterocycles. The fraction of sp³-hybridized carbons (Fsp3) is 0.400. The van der Waals surface area contributed by atoms with Gasteiger partial charge in [-0.05, 0) is 19.1 Å². The lowest BCUT2D eigenvalue weighted by Crippen LogP contribution is -2.36. The third-order valence-electron chi connectivity index (χ3n) is 2.50. The van der Waals surface area contributed by atoms with Crippen molar-refractivity contribution >= 4 is 49.2 Å². The molecule has 0 saturated heterocycles. The molecule has 0 bridgehead atoms. The number of hydrogen-bond acceptors (Lipinski definition) is 2. The molecule has 0 amide bonds. The van der Waals surface area contributed by atoms with Crippen LogP contribution in [0.25, 0.3) is 0 Å². The van der Waals surface area contributed by atoms with E-state index in [1.807, 2.05) is 0 Å². The van der Waals surface area contributed by atoms with Gasteiger partial charge < -0.3 is 0 Å². The van der Waals surface area contributed by atoms with Crippen molar-refractivity contribution in [3.8, 4) is 0 Å². The van der Waals surface area contributed by atoms with Gasteiger partial charge in [0.25, 0.3) is 0 Å². The molecule has 102 valence electrons. The minimum Gasteiger partial charge on any atom is -0.207 e. The maximum atomic E-state index is 13.5. The Morgan fingerprint density at radius 2 is 2.00 bits per heavy atom. The van der Waals surface area contributed by atoms with Crippen LogP contribution in [0.3, 0.4) is 0 Å². The van der Waals surface area contributed by atoms with Gasteiger partial charge in [0.15, 0.2) is 5.82 Å². The molecule has 1 rings (SSSR count). The van der Waals surface area contributed by atoms with Crippen molar-refractivity contribution < 1.29 is 12.8 Å². The number of sulfonamides is 1. The van der Waals surface area contributed by atoms with Crippen LogP contribution < -0.4 is 0 Å². The fourth-order valence-corrected chi connectivity index (χ4v) is 3.90. The van der Waals surface area contributed by atoms with Crippen molar-refractivity contribution in [2.45, 2.75) is 17.9 Å². The highest BCUT2D eigenvalue weighted by atomic mass is 79.9. The molecule has 0 spiro atoms. The van der Waals surface area contributed by atoms with Crippen molar-refractivity contribution in [3.63, 3.8) is 0 Å². The van der Waals surface area contributed by atoms with Crippen LogP contribution in [0.4, 0.5) is 4.39 Å². The highest BCUT2D eigenvalue weighted by Crippen LogP contribution is 2.31. The van der Waals surface area contributed by atoms with Crippen molar-refractivity contribution in [2.24, 2.45) is 0 Å². The van der Waals surface area contributed by atoms with Crippen LogP contribution in [-0.2, 0) is 10.0 Å². The number of alkyl halides is 1. The van der Waals surface area contributed by atoms with E-state index in [9.17, 15) is 12.8 Å². The lowest BCUT2D eigenvalue weighted by atomic mass is 10.3. The standard InChI is InChI=1S/C10H11BrCl2FNO2S/c1-6(5-11)15(2)18(16,17)8-4-3-7(12)10(14)9(8)13/h3-4,6H,5H2,1-2H3. The van der Waals surface area contributed by atoms with Crippen LogP contribution in [0.1, 0.15) is 6.92 Å². The Hall–Kier alpha value is 0.120. The second-order valence-corrected chi connectivity index (χ2v) is 7.10. The second-order valence-electron chi connectivity index (χ2n) is 3.70. The lowest BCUT2D eigenvalue weighted by Gasteiger charge is -2.23. The summed E-state index contributed by atoms with van der Waals surface area (Å²) < 4.78 is 39.1. The first kappa shape index (κ1) is 16.2. The van der Waals surface area contributed by atoms with Gasteiger partial charge in [-0.1, -0.05) is 39.1 Å². The summed E-state index contributed by atoms with van der Waals surface area (Å²) in [5, 5.41) is -0.248. The smallest absolute Gasteiger partial charge is 0.207 e. The van der Waals surface area contributed by atoms with Crippen LogP contribution in [0.5, 0.6) is 0 Å². The Bertz CT molecular complexity index is 553. The fourth-order valence-electron chi connectivity index (χ4n) is 1.20. The van der Waals surface area contributed by atoms with Crippen molar-refractivity contribution in [2.75, 3.05) is 12.4 Å². The van der Waals surface area contributed by atoms with Crippen LogP contribution in [0, 0.1) is 5.82 Å². The number of nitrogens with zero attached hydrogens (tertiary/aromatic N) is 1. The molecular weight excluding hydrogens is 368 g/mol. The molecule has 0 aliphatic carbocycles. The van der Waals surface area contributed by atoms with Crippen molar-refractivity contribution in [1.82, 2.24) is 4.31 Å². The molecule has 0 N–H and O–H groups in total. The molecule has 1 atom stereocenters. The van der Waals surface area contributed by atoms with Gasteiger partial charge in [0.2, 0.25) is 10.0 Å². The molecule has 0 aromatic heterocycles. The van der Waals surface area contributed by atoms with E-state index in [0.29, 0.717) is 5.33 Å². The number of hydrogen-bond donors (Lipinski definition) is 0. The molecule has 0 heterocycles. The molecular formula is C10H11BrCl2FNO2S. The summed E-state index contributed by atoms with van der Waals surface area (Å²) in [6.07, 6.45) is 0. The third kappa shape index (κ3) is 2.99. The summed E-state index contributed by atoms with van der Waals surface area (Å²) in [4.78, 5) is -0.290. The molecule has 0 aliphatic rings. The maximum absolute atomic E-state index is 13.5. The zero-order chi connectivity index (χ0) is 14.1. The summed E-state index contributed by atoms with van der Waals surface area (Å²) in [6.45, 7) is 1.71. The third-order valence-corrected chi connectivity index (χ3v) is 6.23. The monoisotopic (exact) mass is 377 g/mol. The van der Waals surface area contributed by atoms with Gasteiger partial charge in [0.05, 0.1) is 10.0 Å². The van der Waals surface area contributed by atoms with Gasteiger partial charge in [-0.3, -0.25) is 0 Å². The van der Waals surface area contributed by atoms with E-state index in [4.69, 9.17) is 23.2 Å². The second kappa shape index (κ2) is 6.05. The van der Waals surface area contributed by atoms with Crippen molar-refractivity contribution in [3.05, 3.63) is 28.0 Å². The maximum Gasteiger partial charge on any atom is 0.244 e. The molecule has 8 heteroatoms. The molecule has 1 unspecified atom stereocenters. The normalized spacial score (nSPS) is 13.9.